The summed E-state index contributed by atoms with van der Waals surface area (Å²) in [5.41, 5.74) is 1.85. The lowest BCUT2D eigenvalue weighted by atomic mass is 10.3. The Balaban J connectivity index is 1.70. The number of carbonyl (C=O) groups is 1. The summed E-state index contributed by atoms with van der Waals surface area (Å²) in [5, 5.41) is 10.2. The first kappa shape index (κ1) is 15.9. The minimum Gasteiger partial charge on any atom is -0.337 e. The van der Waals surface area contributed by atoms with E-state index in [9.17, 15) is 4.79 Å². The molecule has 2 N–H and O–H groups in total. The minimum absolute atomic E-state index is 0.199. The molecule has 0 bridgehead atoms. The van der Waals surface area contributed by atoms with Crippen LogP contribution >= 0.6 is 11.6 Å². The van der Waals surface area contributed by atoms with Gasteiger partial charge in [-0.3, -0.25) is 9.78 Å². The SMILES string of the molecule is O=C(Nc1ccncc1)c1cnc2c(Nc3ccncn3)cc(Cl)nn12. The smallest absolute Gasteiger partial charge is 0.276 e. The lowest BCUT2D eigenvalue weighted by molar-refractivity contribution is 0.102. The van der Waals surface area contributed by atoms with Crippen LogP contribution in [0.5, 0.6) is 0 Å². The summed E-state index contributed by atoms with van der Waals surface area (Å²) in [4.78, 5) is 28.7. The van der Waals surface area contributed by atoms with Crippen LogP contribution in [0.1, 0.15) is 10.5 Å². The molecule has 0 radical (unpaired) electrons. The number of carbonyl (C=O) groups excluding carboxylic acids is 1. The number of halogens is 1. The summed E-state index contributed by atoms with van der Waals surface area (Å²) in [5.74, 6) is 0.196. The summed E-state index contributed by atoms with van der Waals surface area (Å²) in [6, 6.07) is 6.68. The molecular formula is C16H11ClN8O. The molecule has 0 saturated heterocycles. The van der Waals surface area contributed by atoms with Crippen molar-refractivity contribution < 1.29 is 4.79 Å². The highest BCUT2D eigenvalue weighted by atomic mass is 35.5. The molecule has 0 saturated carbocycles. The number of fused-ring (bicyclic) bond motifs is 1. The number of hydrogen-bond donors (Lipinski definition) is 2. The lowest BCUT2D eigenvalue weighted by Gasteiger charge is -2.08. The molecule has 0 aromatic carbocycles. The van der Waals surface area contributed by atoms with Crippen LogP contribution in [-0.2, 0) is 0 Å². The summed E-state index contributed by atoms with van der Waals surface area (Å²) in [6.45, 7) is 0. The molecule has 26 heavy (non-hydrogen) atoms. The molecule has 4 rings (SSSR count). The zero-order valence-corrected chi connectivity index (χ0v) is 13.9. The van der Waals surface area contributed by atoms with Gasteiger partial charge in [-0.2, -0.15) is 5.10 Å². The fraction of sp³-hybridized carbons (Fsp3) is 0. The number of rotatable bonds is 4. The molecule has 10 heteroatoms. The predicted molar refractivity (Wildman–Crippen MR) is 95.5 cm³/mol. The molecular weight excluding hydrogens is 356 g/mol. The number of aromatic nitrogens is 6. The maximum atomic E-state index is 12.6. The highest BCUT2D eigenvalue weighted by molar-refractivity contribution is 6.29. The molecule has 0 atom stereocenters. The van der Waals surface area contributed by atoms with Crippen LogP contribution in [0.3, 0.4) is 0 Å². The second-order valence-corrected chi connectivity index (χ2v) is 5.56. The maximum Gasteiger partial charge on any atom is 0.276 e. The monoisotopic (exact) mass is 366 g/mol. The number of nitrogens with zero attached hydrogens (tertiary/aromatic N) is 6. The third-order valence-corrected chi connectivity index (χ3v) is 3.64. The van der Waals surface area contributed by atoms with Gasteiger partial charge in [0.25, 0.3) is 5.91 Å². The van der Waals surface area contributed by atoms with Crippen molar-refractivity contribution in [3.05, 3.63) is 66.2 Å². The summed E-state index contributed by atoms with van der Waals surface area (Å²) in [7, 11) is 0. The number of amides is 1. The average Bonchev–Trinajstić information content (AvgIpc) is 3.07. The Kier molecular flexibility index (Phi) is 4.12. The third kappa shape index (κ3) is 3.15. The average molecular weight is 367 g/mol. The highest BCUT2D eigenvalue weighted by Gasteiger charge is 2.17. The van der Waals surface area contributed by atoms with Crippen LogP contribution in [0.25, 0.3) is 5.65 Å². The number of pyridine rings is 1. The van der Waals surface area contributed by atoms with Crippen molar-refractivity contribution in [2.75, 3.05) is 10.6 Å². The van der Waals surface area contributed by atoms with Crippen molar-refractivity contribution in [1.82, 2.24) is 29.5 Å². The number of hydrogen-bond acceptors (Lipinski definition) is 7. The van der Waals surface area contributed by atoms with E-state index in [1.807, 2.05) is 0 Å². The van der Waals surface area contributed by atoms with Crippen molar-refractivity contribution in [3.8, 4) is 0 Å². The normalized spacial score (nSPS) is 10.7. The first-order valence-electron chi connectivity index (χ1n) is 7.49. The quantitative estimate of drug-likeness (QED) is 0.571. The molecule has 4 heterocycles. The van der Waals surface area contributed by atoms with Crippen LogP contribution in [0.2, 0.25) is 5.15 Å². The Morgan fingerprint density at radius 3 is 2.65 bits per heavy atom. The van der Waals surface area contributed by atoms with Crippen molar-refractivity contribution in [3.63, 3.8) is 0 Å². The Hall–Kier alpha value is -3.59. The first-order chi connectivity index (χ1) is 12.7. The summed E-state index contributed by atoms with van der Waals surface area (Å²) >= 11 is 6.11. The lowest BCUT2D eigenvalue weighted by Crippen LogP contribution is -2.15. The molecule has 4 aromatic rings. The Bertz CT molecular complexity index is 1070. The van der Waals surface area contributed by atoms with Crippen LogP contribution in [-0.4, -0.2) is 35.5 Å². The molecule has 0 aliphatic rings. The largest absolute Gasteiger partial charge is 0.337 e. The molecule has 0 aliphatic heterocycles. The maximum absolute atomic E-state index is 12.6. The Morgan fingerprint density at radius 1 is 1.08 bits per heavy atom. The Labute approximate surface area is 152 Å². The van der Waals surface area contributed by atoms with E-state index in [0.29, 0.717) is 22.8 Å². The summed E-state index contributed by atoms with van der Waals surface area (Å²) in [6.07, 6.45) is 7.63. The number of nitrogens with one attached hydrogen (secondary N) is 2. The zero-order chi connectivity index (χ0) is 17.9. The second-order valence-electron chi connectivity index (χ2n) is 5.17. The van der Waals surface area contributed by atoms with Crippen LogP contribution in [0, 0.1) is 0 Å². The predicted octanol–water partition coefficient (Wildman–Crippen LogP) is 2.56. The van der Waals surface area contributed by atoms with E-state index >= 15 is 0 Å². The van der Waals surface area contributed by atoms with Crippen molar-refractivity contribution in [1.29, 1.82) is 0 Å². The fourth-order valence-corrected chi connectivity index (χ4v) is 2.50. The van der Waals surface area contributed by atoms with E-state index in [4.69, 9.17) is 11.6 Å². The van der Waals surface area contributed by atoms with E-state index in [1.54, 1.807) is 42.9 Å². The molecule has 4 aromatic heterocycles. The number of imidazole rings is 1. The van der Waals surface area contributed by atoms with Gasteiger partial charge in [0.1, 0.15) is 12.1 Å². The zero-order valence-electron chi connectivity index (χ0n) is 13.2. The number of anilines is 3. The molecule has 0 unspecified atom stereocenters. The van der Waals surface area contributed by atoms with E-state index in [2.05, 4.69) is 35.7 Å². The van der Waals surface area contributed by atoms with Crippen molar-refractivity contribution in [2.45, 2.75) is 0 Å². The highest BCUT2D eigenvalue weighted by Crippen LogP contribution is 2.23. The van der Waals surface area contributed by atoms with Gasteiger partial charge >= 0.3 is 0 Å². The van der Waals surface area contributed by atoms with Gasteiger partial charge in [-0.25, -0.2) is 19.5 Å². The van der Waals surface area contributed by atoms with Gasteiger partial charge in [0.15, 0.2) is 16.5 Å². The minimum atomic E-state index is -0.369. The van der Waals surface area contributed by atoms with E-state index in [1.165, 1.54) is 17.0 Å². The fourth-order valence-electron chi connectivity index (χ4n) is 2.32. The molecule has 0 aliphatic carbocycles. The Morgan fingerprint density at radius 2 is 1.88 bits per heavy atom. The van der Waals surface area contributed by atoms with Gasteiger partial charge in [0.2, 0.25) is 0 Å². The van der Waals surface area contributed by atoms with E-state index in [-0.39, 0.29) is 16.8 Å². The topological polar surface area (TPSA) is 110 Å². The van der Waals surface area contributed by atoms with Crippen molar-refractivity contribution >= 4 is 40.3 Å². The van der Waals surface area contributed by atoms with Crippen LogP contribution in [0.4, 0.5) is 17.2 Å². The van der Waals surface area contributed by atoms with Gasteiger partial charge in [-0.15, -0.1) is 0 Å². The van der Waals surface area contributed by atoms with Gasteiger partial charge in [-0.1, -0.05) is 11.6 Å². The van der Waals surface area contributed by atoms with Gasteiger partial charge < -0.3 is 10.6 Å². The molecule has 128 valence electrons. The second kappa shape index (κ2) is 6.73. The van der Waals surface area contributed by atoms with Crippen LogP contribution in [0.15, 0.2) is 55.4 Å². The van der Waals surface area contributed by atoms with Crippen LogP contribution < -0.4 is 10.6 Å². The van der Waals surface area contributed by atoms with Gasteiger partial charge in [0.05, 0.1) is 11.9 Å². The van der Waals surface area contributed by atoms with E-state index in [0.717, 1.165) is 0 Å². The standard InChI is InChI=1S/C16H11ClN8O/c17-13-7-11(23-14-3-6-19-9-21-14)15-20-8-12(25(15)24-13)16(26)22-10-1-4-18-5-2-10/h1-9H,(H,18,22,26)(H,19,21,23). The first-order valence-corrected chi connectivity index (χ1v) is 7.87. The summed E-state index contributed by atoms with van der Waals surface area (Å²) < 4.78 is 1.38. The third-order valence-electron chi connectivity index (χ3n) is 3.45. The van der Waals surface area contributed by atoms with Crippen molar-refractivity contribution in [2.24, 2.45) is 0 Å². The molecule has 1 amide bonds. The molecule has 0 spiro atoms. The van der Waals surface area contributed by atoms with Gasteiger partial charge in [0, 0.05) is 30.3 Å². The van der Waals surface area contributed by atoms with E-state index < -0.39 is 0 Å². The van der Waals surface area contributed by atoms with Gasteiger partial charge in [-0.05, 0) is 18.2 Å². The molecule has 9 nitrogen and oxygen atoms in total. The molecule has 0 fully saturated rings.